The second-order valence-electron chi connectivity index (χ2n) is 5.30. The maximum absolute atomic E-state index is 4.25. The minimum atomic E-state index is 0.844. The molecule has 3 aromatic rings. The highest BCUT2D eigenvalue weighted by molar-refractivity contribution is 8.01. The standard InChI is InChI=1S/C16H19N5S2/c1-11-5-3-7-14(12(11)2)19-15-20-21-16(23-15)22-8-4-6-13-9-17-18-10-13/h3,5,7,9-10H,4,6,8H2,1-2H3,(H,17,18)(H,19,20). The molecule has 0 spiro atoms. The summed E-state index contributed by atoms with van der Waals surface area (Å²) in [5, 5.41) is 19.5. The van der Waals surface area contributed by atoms with Gasteiger partial charge in [0.25, 0.3) is 0 Å². The lowest BCUT2D eigenvalue weighted by atomic mass is 10.1. The van der Waals surface area contributed by atoms with Crippen LogP contribution in [0, 0.1) is 13.8 Å². The van der Waals surface area contributed by atoms with Gasteiger partial charge in [-0.05, 0) is 49.4 Å². The number of benzene rings is 1. The summed E-state index contributed by atoms with van der Waals surface area (Å²) in [7, 11) is 0. The Morgan fingerprint density at radius 3 is 3.00 bits per heavy atom. The fourth-order valence-corrected chi connectivity index (χ4v) is 3.94. The van der Waals surface area contributed by atoms with Crippen LogP contribution in [-0.4, -0.2) is 26.1 Å². The lowest BCUT2D eigenvalue weighted by molar-refractivity contribution is 0.930. The van der Waals surface area contributed by atoms with Gasteiger partial charge in [0.05, 0.1) is 6.20 Å². The Morgan fingerprint density at radius 1 is 1.26 bits per heavy atom. The van der Waals surface area contributed by atoms with Gasteiger partial charge in [-0.25, -0.2) is 0 Å². The minimum absolute atomic E-state index is 0.844. The maximum atomic E-state index is 4.25. The van der Waals surface area contributed by atoms with Crippen LogP contribution in [0.1, 0.15) is 23.1 Å². The first-order chi connectivity index (χ1) is 11.2. The molecule has 0 fully saturated rings. The molecule has 0 saturated carbocycles. The Bertz CT molecular complexity index is 752. The molecule has 0 aliphatic carbocycles. The van der Waals surface area contributed by atoms with Gasteiger partial charge in [0, 0.05) is 17.6 Å². The van der Waals surface area contributed by atoms with E-state index in [0.717, 1.165) is 33.8 Å². The SMILES string of the molecule is Cc1cccc(Nc2nnc(SCCCc3cn[nH]c3)s2)c1C. The lowest BCUT2D eigenvalue weighted by Gasteiger charge is -2.08. The van der Waals surface area contributed by atoms with E-state index < -0.39 is 0 Å². The number of aryl methyl sites for hydroxylation is 2. The first-order valence-corrected chi connectivity index (χ1v) is 9.30. The monoisotopic (exact) mass is 345 g/mol. The number of rotatable bonds is 7. The third kappa shape index (κ3) is 4.33. The normalized spacial score (nSPS) is 10.9. The Labute approximate surface area is 143 Å². The Morgan fingerprint density at radius 2 is 2.17 bits per heavy atom. The first-order valence-electron chi connectivity index (χ1n) is 7.49. The number of aromatic nitrogens is 4. The van der Waals surface area contributed by atoms with Gasteiger partial charge >= 0.3 is 0 Å². The quantitative estimate of drug-likeness (QED) is 0.492. The van der Waals surface area contributed by atoms with E-state index in [9.17, 15) is 0 Å². The van der Waals surface area contributed by atoms with Crippen molar-refractivity contribution in [1.29, 1.82) is 0 Å². The van der Waals surface area contributed by atoms with Crippen molar-refractivity contribution < 1.29 is 0 Å². The number of hydrogen-bond donors (Lipinski definition) is 2. The molecule has 0 saturated heterocycles. The van der Waals surface area contributed by atoms with E-state index in [1.165, 1.54) is 16.7 Å². The van der Waals surface area contributed by atoms with Crippen LogP contribution >= 0.6 is 23.1 Å². The fraction of sp³-hybridized carbons (Fsp3) is 0.312. The zero-order chi connectivity index (χ0) is 16.1. The van der Waals surface area contributed by atoms with Gasteiger partial charge in [-0.1, -0.05) is 35.2 Å². The number of anilines is 2. The summed E-state index contributed by atoms with van der Waals surface area (Å²) in [6.07, 6.45) is 5.96. The highest BCUT2D eigenvalue weighted by Gasteiger charge is 2.07. The van der Waals surface area contributed by atoms with E-state index >= 15 is 0 Å². The van der Waals surface area contributed by atoms with Gasteiger partial charge in [0.1, 0.15) is 0 Å². The smallest absolute Gasteiger partial charge is 0.210 e. The number of nitrogens with zero attached hydrogens (tertiary/aromatic N) is 3. The molecule has 0 radical (unpaired) electrons. The zero-order valence-electron chi connectivity index (χ0n) is 13.2. The van der Waals surface area contributed by atoms with E-state index in [1.807, 2.05) is 12.4 Å². The topological polar surface area (TPSA) is 66.5 Å². The van der Waals surface area contributed by atoms with Crippen LogP contribution in [0.2, 0.25) is 0 Å². The molecule has 2 heterocycles. The molecule has 0 bridgehead atoms. The number of H-pyrrole nitrogens is 1. The summed E-state index contributed by atoms with van der Waals surface area (Å²) < 4.78 is 1.00. The Hall–Kier alpha value is -1.86. The Balaban J connectivity index is 1.50. The number of aromatic amines is 1. The molecule has 7 heteroatoms. The van der Waals surface area contributed by atoms with Crippen molar-refractivity contribution in [3.05, 3.63) is 47.3 Å². The van der Waals surface area contributed by atoms with Crippen molar-refractivity contribution in [3.63, 3.8) is 0 Å². The molecular formula is C16H19N5S2. The molecule has 120 valence electrons. The molecule has 5 nitrogen and oxygen atoms in total. The average Bonchev–Trinajstić information content (AvgIpc) is 3.20. The van der Waals surface area contributed by atoms with Crippen LogP contribution in [0.15, 0.2) is 34.9 Å². The van der Waals surface area contributed by atoms with E-state index in [1.54, 1.807) is 23.1 Å². The van der Waals surface area contributed by atoms with Crippen molar-refractivity contribution >= 4 is 33.9 Å². The van der Waals surface area contributed by atoms with Crippen LogP contribution in [0.4, 0.5) is 10.8 Å². The number of hydrogen-bond acceptors (Lipinski definition) is 6. The number of nitrogens with one attached hydrogen (secondary N) is 2. The van der Waals surface area contributed by atoms with Gasteiger partial charge in [0.2, 0.25) is 5.13 Å². The summed E-state index contributed by atoms with van der Waals surface area (Å²) >= 11 is 3.36. The van der Waals surface area contributed by atoms with E-state index in [0.29, 0.717) is 0 Å². The maximum Gasteiger partial charge on any atom is 0.210 e. The lowest BCUT2D eigenvalue weighted by Crippen LogP contribution is -1.94. The van der Waals surface area contributed by atoms with E-state index in [2.05, 4.69) is 57.8 Å². The summed E-state index contributed by atoms with van der Waals surface area (Å²) in [4.78, 5) is 0. The molecule has 1 aromatic carbocycles. The van der Waals surface area contributed by atoms with Crippen LogP contribution in [0.3, 0.4) is 0 Å². The predicted molar refractivity (Wildman–Crippen MR) is 96.7 cm³/mol. The molecular weight excluding hydrogens is 326 g/mol. The molecule has 0 atom stereocenters. The summed E-state index contributed by atoms with van der Waals surface area (Å²) in [6.45, 7) is 4.23. The molecule has 0 amide bonds. The summed E-state index contributed by atoms with van der Waals surface area (Å²) in [6, 6.07) is 6.24. The van der Waals surface area contributed by atoms with E-state index in [-0.39, 0.29) is 0 Å². The minimum Gasteiger partial charge on any atom is -0.330 e. The van der Waals surface area contributed by atoms with Crippen LogP contribution in [-0.2, 0) is 6.42 Å². The van der Waals surface area contributed by atoms with Gasteiger partial charge in [-0.15, -0.1) is 10.2 Å². The average molecular weight is 345 g/mol. The van der Waals surface area contributed by atoms with Gasteiger partial charge in [-0.3, -0.25) is 5.10 Å². The van der Waals surface area contributed by atoms with Gasteiger partial charge in [-0.2, -0.15) is 5.10 Å². The molecule has 2 N–H and O–H groups in total. The molecule has 0 aliphatic heterocycles. The molecule has 2 aromatic heterocycles. The van der Waals surface area contributed by atoms with Gasteiger partial charge in [0.15, 0.2) is 4.34 Å². The van der Waals surface area contributed by atoms with Crippen molar-refractivity contribution in [3.8, 4) is 0 Å². The summed E-state index contributed by atoms with van der Waals surface area (Å²) in [5.74, 6) is 1.03. The summed E-state index contributed by atoms with van der Waals surface area (Å²) in [5.41, 5.74) is 4.86. The van der Waals surface area contributed by atoms with Crippen molar-refractivity contribution in [1.82, 2.24) is 20.4 Å². The molecule has 0 aliphatic rings. The van der Waals surface area contributed by atoms with Crippen molar-refractivity contribution in [2.75, 3.05) is 11.1 Å². The van der Waals surface area contributed by atoms with Crippen molar-refractivity contribution in [2.24, 2.45) is 0 Å². The van der Waals surface area contributed by atoms with E-state index in [4.69, 9.17) is 0 Å². The largest absolute Gasteiger partial charge is 0.330 e. The molecule has 23 heavy (non-hydrogen) atoms. The second-order valence-corrected chi connectivity index (χ2v) is 7.62. The third-order valence-corrected chi connectivity index (χ3v) is 5.70. The van der Waals surface area contributed by atoms with Crippen molar-refractivity contribution in [2.45, 2.75) is 31.0 Å². The second kappa shape index (κ2) is 7.61. The van der Waals surface area contributed by atoms with Crippen LogP contribution in [0.5, 0.6) is 0 Å². The highest BCUT2D eigenvalue weighted by atomic mass is 32.2. The predicted octanol–water partition coefficient (Wildman–Crippen LogP) is 4.35. The number of thioether (sulfide) groups is 1. The van der Waals surface area contributed by atoms with Crippen LogP contribution in [0.25, 0.3) is 0 Å². The molecule has 3 rings (SSSR count). The first kappa shape index (κ1) is 16.0. The Kier molecular flexibility index (Phi) is 5.30. The third-order valence-electron chi connectivity index (χ3n) is 3.64. The zero-order valence-corrected chi connectivity index (χ0v) is 14.8. The molecule has 0 unspecified atom stereocenters. The van der Waals surface area contributed by atoms with Crippen LogP contribution < -0.4 is 5.32 Å². The highest BCUT2D eigenvalue weighted by Crippen LogP contribution is 2.29. The van der Waals surface area contributed by atoms with Gasteiger partial charge < -0.3 is 5.32 Å². The fourth-order valence-electron chi connectivity index (χ4n) is 2.17.